The molecule has 1 N–H and O–H groups in total. The number of imidazole rings is 1. The van der Waals surface area contributed by atoms with Gasteiger partial charge in [0.1, 0.15) is 5.82 Å². The smallest absolute Gasteiger partial charge is 0.112 e. The molecule has 0 aromatic carbocycles. The fourth-order valence-corrected chi connectivity index (χ4v) is 3.73. The first-order chi connectivity index (χ1) is 10.2. The summed E-state index contributed by atoms with van der Waals surface area (Å²) < 4.78 is 2.35. The standard InChI is InChI=1S/C18H33N3/c1-5-15-7-8-16(13-19-12-14(3)4)17(11-15)18-20-9-10-21(18)6-2/h9-10,14-17,19H,5-8,11-13H2,1-4H3. The summed E-state index contributed by atoms with van der Waals surface area (Å²) in [7, 11) is 0. The fourth-order valence-electron chi connectivity index (χ4n) is 3.73. The van der Waals surface area contributed by atoms with Crippen LogP contribution in [0.3, 0.4) is 0 Å². The highest BCUT2D eigenvalue weighted by molar-refractivity contribution is 5.05. The van der Waals surface area contributed by atoms with E-state index in [1.807, 2.05) is 6.20 Å². The van der Waals surface area contributed by atoms with Crippen molar-refractivity contribution in [3.63, 3.8) is 0 Å². The van der Waals surface area contributed by atoms with Gasteiger partial charge in [0.05, 0.1) is 0 Å². The molecule has 0 aliphatic heterocycles. The zero-order valence-electron chi connectivity index (χ0n) is 14.3. The van der Waals surface area contributed by atoms with Crippen molar-refractivity contribution >= 4 is 0 Å². The van der Waals surface area contributed by atoms with Crippen LogP contribution in [0.4, 0.5) is 0 Å². The molecule has 1 fully saturated rings. The lowest BCUT2D eigenvalue weighted by Crippen LogP contribution is -2.34. The topological polar surface area (TPSA) is 29.9 Å². The van der Waals surface area contributed by atoms with E-state index in [0.717, 1.165) is 37.4 Å². The summed E-state index contributed by atoms with van der Waals surface area (Å²) in [4.78, 5) is 4.71. The summed E-state index contributed by atoms with van der Waals surface area (Å²) in [5.74, 6) is 4.33. The number of rotatable bonds is 7. The molecule has 0 bridgehead atoms. The summed E-state index contributed by atoms with van der Waals surface area (Å²) in [5, 5.41) is 3.68. The first kappa shape index (κ1) is 16.5. The molecule has 3 unspecified atom stereocenters. The van der Waals surface area contributed by atoms with Crippen molar-refractivity contribution in [1.82, 2.24) is 14.9 Å². The van der Waals surface area contributed by atoms with E-state index in [1.165, 1.54) is 31.5 Å². The number of hydrogen-bond donors (Lipinski definition) is 1. The average Bonchev–Trinajstić information content (AvgIpc) is 2.95. The third kappa shape index (κ3) is 4.32. The van der Waals surface area contributed by atoms with Gasteiger partial charge in [-0.05, 0) is 50.6 Å². The van der Waals surface area contributed by atoms with Crippen LogP contribution in [0.15, 0.2) is 12.4 Å². The van der Waals surface area contributed by atoms with Crippen LogP contribution in [0, 0.1) is 17.8 Å². The van der Waals surface area contributed by atoms with E-state index in [1.54, 1.807) is 0 Å². The second-order valence-corrected chi connectivity index (χ2v) is 7.08. The largest absolute Gasteiger partial charge is 0.335 e. The molecule has 1 aliphatic rings. The predicted octanol–water partition coefficient (Wildman–Crippen LogP) is 4.06. The molecule has 3 atom stereocenters. The van der Waals surface area contributed by atoms with Crippen molar-refractivity contribution in [2.24, 2.45) is 17.8 Å². The quantitative estimate of drug-likeness (QED) is 0.821. The molecule has 0 amide bonds. The van der Waals surface area contributed by atoms with Gasteiger partial charge in [0.2, 0.25) is 0 Å². The second kappa shape index (κ2) is 7.98. The molecule has 0 saturated heterocycles. The second-order valence-electron chi connectivity index (χ2n) is 7.08. The monoisotopic (exact) mass is 291 g/mol. The minimum atomic E-state index is 0.637. The van der Waals surface area contributed by atoms with E-state index >= 15 is 0 Å². The van der Waals surface area contributed by atoms with Crippen LogP contribution in [0.5, 0.6) is 0 Å². The van der Waals surface area contributed by atoms with E-state index in [0.29, 0.717) is 5.92 Å². The Balaban J connectivity index is 2.06. The van der Waals surface area contributed by atoms with Gasteiger partial charge < -0.3 is 9.88 Å². The van der Waals surface area contributed by atoms with Gasteiger partial charge in [-0.2, -0.15) is 0 Å². The lowest BCUT2D eigenvalue weighted by molar-refractivity contribution is 0.214. The lowest BCUT2D eigenvalue weighted by atomic mass is 9.72. The Kier molecular flexibility index (Phi) is 6.28. The van der Waals surface area contributed by atoms with E-state index in [-0.39, 0.29) is 0 Å². The number of aromatic nitrogens is 2. The summed E-state index contributed by atoms with van der Waals surface area (Å²) >= 11 is 0. The van der Waals surface area contributed by atoms with Gasteiger partial charge in [-0.3, -0.25) is 0 Å². The Morgan fingerprint density at radius 2 is 2.14 bits per heavy atom. The van der Waals surface area contributed by atoms with Gasteiger partial charge in [0.15, 0.2) is 0 Å². The van der Waals surface area contributed by atoms with Crippen LogP contribution in [-0.2, 0) is 6.54 Å². The van der Waals surface area contributed by atoms with Crippen molar-refractivity contribution in [3.8, 4) is 0 Å². The molecule has 1 saturated carbocycles. The predicted molar refractivity (Wildman–Crippen MR) is 89.5 cm³/mol. The first-order valence-corrected chi connectivity index (χ1v) is 8.87. The van der Waals surface area contributed by atoms with Crippen molar-refractivity contribution in [3.05, 3.63) is 18.2 Å². The fraction of sp³-hybridized carbons (Fsp3) is 0.833. The molecular formula is C18H33N3. The van der Waals surface area contributed by atoms with E-state index in [9.17, 15) is 0 Å². The summed E-state index contributed by atoms with van der Waals surface area (Å²) in [5.41, 5.74) is 0. The van der Waals surface area contributed by atoms with E-state index < -0.39 is 0 Å². The Bertz CT molecular complexity index is 410. The Labute approximate surface area is 130 Å². The van der Waals surface area contributed by atoms with Crippen LogP contribution in [0.2, 0.25) is 0 Å². The third-order valence-corrected chi connectivity index (χ3v) is 5.06. The Morgan fingerprint density at radius 3 is 2.81 bits per heavy atom. The molecular weight excluding hydrogens is 258 g/mol. The number of hydrogen-bond acceptors (Lipinski definition) is 2. The number of aryl methyl sites for hydroxylation is 1. The molecule has 1 aromatic heterocycles. The first-order valence-electron chi connectivity index (χ1n) is 8.87. The summed E-state index contributed by atoms with van der Waals surface area (Å²) in [6.45, 7) is 12.4. The van der Waals surface area contributed by atoms with Gasteiger partial charge >= 0.3 is 0 Å². The van der Waals surface area contributed by atoms with Gasteiger partial charge in [0, 0.05) is 24.9 Å². The van der Waals surface area contributed by atoms with Gasteiger partial charge in [-0.25, -0.2) is 4.98 Å². The minimum absolute atomic E-state index is 0.637. The molecule has 3 nitrogen and oxygen atoms in total. The average molecular weight is 291 g/mol. The van der Waals surface area contributed by atoms with Crippen LogP contribution < -0.4 is 5.32 Å². The highest BCUT2D eigenvalue weighted by Crippen LogP contribution is 2.40. The SMILES string of the molecule is CCC1CCC(CNCC(C)C)C(c2nccn2CC)C1. The van der Waals surface area contributed by atoms with Crippen LogP contribution in [0.1, 0.15) is 65.1 Å². The molecule has 0 spiro atoms. The highest BCUT2D eigenvalue weighted by Gasteiger charge is 2.33. The Hall–Kier alpha value is -0.830. The van der Waals surface area contributed by atoms with Gasteiger partial charge in [0.25, 0.3) is 0 Å². The van der Waals surface area contributed by atoms with E-state index in [2.05, 4.69) is 43.8 Å². The molecule has 1 aromatic rings. The third-order valence-electron chi connectivity index (χ3n) is 5.06. The number of nitrogens with one attached hydrogen (secondary N) is 1. The van der Waals surface area contributed by atoms with Crippen molar-refractivity contribution < 1.29 is 0 Å². The normalized spacial score (nSPS) is 26.4. The van der Waals surface area contributed by atoms with Crippen molar-refractivity contribution in [2.75, 3.05) is 13.1 Å². The minimum Gasteiger partial charge on any atom is -0.335 e. The zero-order valence-corrected chi connectivity index (χ0v) is 14.3. The molecule has 3 heteroatoms. The van der Waals surface area contributed by atoms with Crippen LogP contribution in [0.25, 0.3) is 0 Å². The van der Waals surface area contributed by atoms with Crippen LogP contribution >= 0.6 is 0 Å². The summed E-state index contributed by atoms with van der Waals surface area (Å²) in [6.07, 6.45) is 9.51. The van der Waals surface area contributed by atoms with Crippen molar-refractivity contribution in [1.29, 1.82) is 0 Å². The molecule has 120 valence electrons. The van der Waals surface area contributed by atoms with Crippen LogP contribution in [-0.4, -0.2) is 22.6 Å². The number of nitrogens with zero attached hydrogens (tertiary/aromatic N) is 2. The van der Waals surface area contributed by atoms with Crippen molar-refractivity contribution in [2.45, 2.75) is 65.8 Å². The van der Waals surface area contributed by atoms with Gasteiger partial charge in [-0.15, -0.1) is 0 Å². The molecule has 0 radical (unpaired) electrons. The lowest BCUT2D eigenvalue weighted by Gasteiger charge is -2.36. The maximum absolute atomic E-state index is 4.71. The van der Waals surface area contributed by atoms with Gasteiger partial charge in [-0.1, -0.05) is 33.6 Å². The molecule has 1 heterocycles. The molecule has 2 rings (SSSR count). The maximum atomic E-state index is 4.71. The maximum Gasteiger partial charge on any atom is 0.112 e. The Morgan fingerprint density at radius 1 is 1.33 bits per heavy atom. The molecule has 1 aliphatic carbocycles. The zero-order chi connectivity index (χ0) is 15.2. The highest BCUT2D eigenvalue weighted by atomic mass is 15.1. The van der Waals surface area contributed by atoms with E-state index in [4.69, 9.17) is 4.98 Å². The summed E-state index contributed by atoms with van der Waals surface area (Å²) in [6, 6.07) is 0. The molecule has 21 heavy (non-hydrogen) atoms.